The molecule has 0 saturated carbocycles. The van der Waals surface area contributed by atoms with E-state index in [1.807, 2.05) is 0 Å². The van der Waals surface area contributed by atoms with E-state index in [1.165, 1.54) is 16.1 Å². The van der Waals surface area contributed by atoms with Gasteiger partial charge in [0.2, 0.25) is 0 Å². The van der Waals surface area contributed by atoms with Gasteiger partial charge in [-0.1, -0.05) is 26.2 Å². The van der Waals surface area contributed by atoms with E-state index in [0.717, 1.165) is 19.3 Å². The Morgan fingerprint density at radius 2 is 2.00 bits per heavy atom. The third kappa shape index (κ3) is 3.73. The van der Waals surface area contributed by atoms with E-state index >= 15 is 0 Å². The van der Waals surface area contributed by atoms with Crippen LogP contribution in [0.2, 0.25) is 0 Å². The molecule has 3 heterocycles. The van der Waals surface area contributed by atoms with Crippen molar-refractivity contribution in [1.82, 2.24) is 9.97 Å². The Morgan fingerprint density at radius 3 is 2.64 bits per heavy atom. The van der Waals surface area contributed by atoms with Crippen molar-refractivity contribution >= 4 is 17.3 Å². The van der Waals surface area contributed by atoms with E-state index in [-0.39, 0.29) is 12.5 Å². The molecule has 28 heavy (non-hydrogen) atoms. The Kier molecular flexibility index (Phi) is 6.53. The normalized spacial score (nSPS) is 29.2. The number of unbranched alkanes of at least 4 members (excludes halogenated alkanes) is 2. The number of anilines is 3. The molecule has 2 aliphatic heterocycles. The van der Waals surface area contributed by atoms with Gasteiger partial charge in [-0.05, 0) is 6.42 Å². The number of aromatic nitrogens is 2. The highest BCUT2D eigenvalue weighted by molar-refractivity contribution is 5.81. The quantitative estimate of drug-likeness (QED) is 0.277. The van der Waals surface area contributed by atoms with Crippen molar-refractivity contribution in [3.05, 3.63) is 6.33 Å². The van der Waals surface area contributed by atoms with Gasteiger partial charge in [0.1, 0.15) is 30.3 Å². The van der Waals surface area contributed by atoms with Crippen LogP contribution in [0.15, 0.2) is 6.33 Å². The summed E-state index contributed by atoms with van der Waals surface area (Å²) in [5.41, 5.74) is 6.31. The van der Waals surface area contributed by atoms with Gasteiger partial charge in [-0.2, -0.15) is 0 Å². The van der Waals surface area contributed by atoms with Crippen LogP contribution in [-0.4, -0.2) is 85.6 Å². The van der Waals surface area contributed by atoms with Crippen molar-refractivity contribution in [3.63, 3.8) is 0 Å². The number of nitrogen functional groups attached to an aromatic ring is 1. The second-order valence-corrected chi connectivity index (χ2v) is 7.22. The smallest absolute Gasteiger partial charge is 0.162 e. The van der Waals surface area contributed by atoms with Crippen molar-refractivity contribution in [3.8, 4) is 0 Å². The molecule has 2 aliphatic rings. The molecule has 11 heteroatoms. The van der Waals surface area contributed by atoms with Crippen LogP contribution in [-0.2, 0) is 4.74 Å². The Morgan fingerprint density at radius 1 is 1.25 bits per heavy atom. The molecule has 3 rings (SSSR count). The van der Waals surface area contributed by atoms with Gasteiger partial charge in [-0.15, -0.1) is 0 Å². The molecule has 6 atom stereocenters. The molecule has 2 unspecified atom stereocenters. The predicted molar refractivity (Wildman–Crippen MR) is 100 cm³/mol. The lowest BCUT2D eigenvalue weighted by Crippen LogP contribution is -2.50. The molecule has 7 N–H and O–H groups in total. The summed E-state index contributed by atoms with van der Waals surface area (Å²) in [7, 11) is 0. The number of nitrogens with two attached hydrogens (primary N) is 1. The Hall–Kier alpha value is -1.76. The molecule has 0 aliphatic carbocycles. The zero-order chi connectivity index (χ0) is 20.4. The molecule has 158 valence electrons. The fourth-order valence-electron chi connectivity index (χ4n) is 3.68. The van der Waals surface area contributed by atoms with Crippen molar-refractivity contribution in [2.24, 2.45) is 0 Å². The lowest BCUT2D eigenvalue weighted by atomic mass is 10.1. The zero-order valence-corrected chi connectivity index (χ0v) is 15.8. The number of hydrogen-bond acceptors (Lipinski definition) is 11. The molecule has 0 aromatic carbocycles. The largest absolute Gasteiger partial charge is 0.394 e. The Bertz CT molecular complexity index is 667. The molecular formula is C17H29N5O6. The number of aliphatic hydroxyl groups excluding tert-OH is 5. The highest BCUT2D eigenvalue weighted by atomic mass is 16.6. The summed E-state index contributed by atoms with van der Waals surface area (Å²) in [5, 5.41) is 50.8. The van der Waals surface area contributed by atoms with Crippen molar-refractivity contribution in [1.29, 1.82) is 0 Å². The first kappa shape index (κ1) is 21.0. The molecule has 1 saturated heterocycles. The van der Waals surface area contributed by atoms with Crippen LogP contribution in [0.5, 0.6) is 0 Å². The van der Waals surface area contributed by atoms with Crippen molar-refractivity contribution < 1.29 is 30.3 Å². The van der Waals surface area contributed by atoms with Crippen LogP contribution in [0.25, 0.3) is 0 Å². The van der Waals surface area contributed by atoms with Crippen LogP contribution in [0.4, 0.5) is 17.3 Å². The first-order chi connectivity index (χ1) is 13.4. The van der Waals surface area contributed by atoms with E-state index in [0.29, 0.717) is 17.9 Å². The Labute approximate surface area is 163 Å². The summed E-state index contributed by atoms with van der Waals surface area (Å²) in [6, 6.07) is 0. The minimum absolute atomic E-state index is 0.0107. The lowest BCUT2D eigenvalue weighted by molar-refractivity contribution is -0.0238. The van der Waals surface area contributed by atoms with E-state index in [2.05, 4.69) is 16.9 Å². The van der Waals surface area contributed by atoms with Gasteiger partial charge < -0.3 is 45.8 Å². The number of hydrogen-bond donors (Lipinski definition) is 6. The molecule has 0 amide bonds. The van der Waals surface area contributed by atoms with Gasteiger partial charge in [0.25, 0.3) is 0 Å². The van der Waals surface area contributed by atoms with Crippen molar-refractivity contribution in [2.75, 3.05) is 28.8 Å². The Balaban J connectivity index is 1.84. The van der Waals surface area contributed by atoms with Gasteiger partial charge in [-0.3, -0.25) is 0 Å². The topological polar surface area (TPSA) is 169 Å². The van der Waals surface area contributed by atoms with Crippen LogP contribution >= 0.6 is 0 Å². The van der Waals surface area contributed by atoms with Gasteiger partial charge >= 0.3 is 0 Å². The van der Waals surface area contributed by atoms with Gasteiger partial charge in [0.05, 0.1) is 19.4 Å². The van der Waals surface area contributed by atoms with Crippen LogP contribution in [0.1, 0.15) is 32.6 Å². The van der Waals surface area contributed by atoms with E-state index in [9.17, 15) is 25.5 Å². The van der Waals surface area contributed by atoms with Crippen molar-refractivity contribution in [2.45, 2.75) is 69.5 Å². The zero-order valence-electron chi connectivity index (χ0n) is 15.8. The van der Waals surface area contributed by atoms with Crippen LogP contribution in [0, 0.1) is 0 Å². The maximum absolute atomic E-state index is 10.7. The summed E-state index contributed by atoms with van der Waals surface area (Å²) >= 11 is 0. The molecular weight excluding hydrogens is 370 g/mol. The molecule has 0 bridgehead atoms. The van der Waals surface area contributed by atoms with Crippen LogP contribution < -0.4 is 15.5 Å². The van der Waals surface area contributed by atoms with E-state index in [4.69, 9.17) is 10.5 Å². The molecule has 1 aromatic rings. The highest BCUT2D eigenvalue weighted by Gasteiger charge is 2.49. The SMILES string of the molecule is CCCCCC(O)C(O)N1CN([C@@H]2O[C@H](CO)[C@@H](O)[C@H]2O)c2ncnc(N)c21. The first-order valence-electron chi connectivity index (χ1n) is 9.53. The fraction of sp³-hybridized carbons (Fsp3) is 0.765. The lowest BCUT2D eigenvalue weighted by Gasteiger charge is -2.31. The average molecular weight is 399 g/mol. The standard InChI is InChI=1S/C17H29N5O6/c1-2-3-4-5-9(24)16(27)21-8-22(15-11(21)14(18)19-7-20-15)17-13(26)12(25)10(6-23)28-17/h7,9-10,12-13,16-17,23-27H,2-6,8H2,1H3,(H2,18,19,20)/t9?,10-,12-,13-,16?,17-/m1/s1. The van der Waals surface area contributed by atoms with Crippen LogP contribution in [0.3, 0.4) is 0 Å². The summed E-state index contributed by atoms with van der Waals surface area (Å²) in [5.74, 6) is 0.418. The van der Waals surface area contributed by atoms with Gasteiger partial charge in [0.15, 0.2) is 24.1 Å². The summed E-state index contributed by atoms with van der Waals surface area (Å²) < 4.78 is 5.59. The highest BCUT2D eigenvalue weighted by Crippen LogP contribution is 2.42. The van der Waals surface area contributed by atoms with E-state index in [1.54, 1.807) is 0 Å². The molecule has 11 nitrogen and oxygen atoms in total. The third-order valence-corrected chi connectivity index (χ3v) is 5.29. The number of rotatable bonds is 8. The minimum atomic E-state index is -1.30. The monoisotopic (exact) mass is 399 g/mol. The third-order valence-electron chi connectivity index (χ3n) is 5.29. The summed E-state index contributed by atoms with van der Waals surface area (Å²) in [4.78, 5) is 11.1. The fourth-order valence-corrected chi connectivity index (χ4v) is 3.68. The number of fused-ring (bicyclic) bond motifs is 1. The van der Waals surface area contributed by atoms with Gasteiger partial charge in [0, 0.05) is 0 Å². The predicted octanol–water partition coefficient (Wildman–Crippen LogP) is -1.66. The second kappa shape index (κ2) is 8.72. The van der Waals surface area contributed by atoms with Gasteiger partial charge in [-0.25, -0.2) is 9.97 Å². The summed E-state index contributed by atoms with van der Waals surface area (Å²) in [6.07, 6.45) is -2.40. The maximum atomic E-state index is 10.7. The molecule has 1 aromatic heterocycles. The first-order valence-corrected chi connectivity index (χ1v) is 9.53. The molecule has 0 radical (unpaired) electrons. The number of aliphatic hydroxyl groups is 5. The number of nitrogens with zero attached hydrogens (tertiary/aromatic N) is 4. The maximum Gasteiger partial charge on any atom is 0.162 e. The number of ether oxygens (including phenoxy) is 1. The minimum Gasteiger partial charge on any atom is -0.394 e. The molecule has 0 spiro atoms. The second-order valence-electron chi connectivity index (χ2n) is 7.22. The average Bonchev–Trinajstić information content (AvgIpc) is 3.20. The molecule has 1 fully saturated rings. The summed E-state index contributed by atoms with van der Waals surface area (Å²) in [6.45, 7) is 1.61. The van der Waals surface area contributed by atoms with E-state index < -0.39 is 43.5 Å².